The molecule has 2 nitrogen and oxygen atoms in total. The average molecular weight is 195 g/mol. The van der Waals surface area contributed by atoms with Crippen LogP contribution in [-0.2, 0) is 5.54 Å². The van der Waals surface area contributed by atoms with Crippen LogP contribution in [0.1, 0.15) is 24.0 Å². The van der Waals surface area contributed by atoms with Crippen molar-refractivity contribution >= 4 is 12.4 Å². The van der Waals surface area contributed by atoms with Gasteiger partial charge in [0.05, 0.1) is 11.6 Å². The van der Waals surface area contributed by atoms with E-state index in [0.29, 0.717) is 5.56 Å². The maximum absolute atomic E-state index is 8.66. The summed E-state index contributed by atoms with van der Waals surface area (Å²) in [5, 5.41) is 8.66. The maximum Gasteiger partial charge on any atom is 0.0991 e. The molecular weight excluding hydrogens is 184 g/mol. The molecule has 0 aromatic heterocycles. The number of rotatable bonds is 1. The highest BCUT2D eigenvalue weighted by Gasteiger charge is 2.39. The second-order valence-corrected chi connectivity index (χ2v) is 3.35. The zero-order chi connectivity index (χ0) is 8.60. The molecule has 1 aliphatic carbocycles. The Kier molecular flexibility index (Phi) is 2.60. The van der Waals surface area contributed by atoms with E-state index in [1.165, 1.54) is 0 Å². The van der Waals surface area contributed by atoms with Crippen molar-refractivity contribution in [2.24, 2.45) is 5.73 Å². The fourth-order valence-electron chi connectivity index (χ4n) is 1.32. The molecule has 0 spiro atoms. The summed E-state index contributed by atoms with van der Waals surface area (Å²) >= 11 is 0. The van der Waals surface area contributed by atoms with Crippen LogP contribution in [0.3, 0.4) is 0 Å². The third-order valence-electron chi connectivity index (χ3n) is 2.36. The summed E-state index contributed by atoms with van der Waals surface area (Å²) < 4.78 is 0. The number of halogens is 1. The van der Waals surface area contributed by atoms with Gasteiger partial charge >= 0.3 is 0 Å². The van der Waals surface area contributed by atoms with Crippen molar-refractivity contribution in [1.29, 1.82) is 5.26 Å². The van der Waals surface area contributed by atoms with Crippen LogP contribution in [-0.4, -0.2) is 0 Å². The van der Waals surface area contributed by atoms with Crippen LogP contribution < -0.4 is 5.73 Å². The molecule has 0 heterocycles. The van der Waals surface area contributed by atoms with Gasteiger partial charge in [0, 0.05) is 5.54 Å². The summed E-state index contributed by atoms with van der Waals surface area (Å²) in [6, 6.07) is 9.68. The number of benzene rings is 1. The highest BCUT2D eigenvalue weighted by Crippen LogP contribution is 2.42. The van der Waals surface area contributed by atoms with E-state index < -0.39 is 0 Å². The van der Waals surface area contributed by atoms with E-state index in [-0.39, 0.29) is 17.9 Å². The minimum absolute atomic E-state index is 0. The molecule has 3 heteroatoms. The smallest absolute Gasteiger partial charge is 0.0991 e. The lowest BCUT2D eigenvalue weighted by atomic mass is 10.0. The van der Waals surface area contributed by atoms with Gasteiger partial charge in [0.1, 0.15) is 0 Å². The van der Waals surface area contributed by atoms with Crippen LogP contribution in [0.2, 0.25) is 0 Å². The molecule has 0 atom stereocenters. The molecule has 2 N–H and O–H groups in total. The Morgan fingerprint density at radius 3 is 2.62 bits per heavy atom. The van der Waals surface area contributed by atoms with E-state index in [9.17, 15) is 0 Å². The van der Waals surface area contributed by atoms with Crippen molar-refractivity contribution in [3.63, 3.8) is 0 Å². The number of nitriles is 1. The zero-order valence-corrected chi connectivity index (χ0v) is 7.97. The first kappa shape index (κ1) is 10.0. The first-order chi connectivity index (χ1) is 5.74. The Bertz CT molecular complexity index is 350. The van der Waals surface area contributed by atoms with Crippen molar-refractivity contribution in [2.75, 3.05) is 0 Å². The van der Waals surface area contributed by atoms with Gasteiger partial charge < -0.3 is 5.73 Å². The SMILES string of the molecule is Cl.N#Cc1cccc(C2(N)CC2)c1. The van der Waals surface area contributed by atoms with Gasteiger partial charge in [-0.1, -0.05) is 12.1 Å². The molecule has 0 unspecified atom stereocenters. The molecule has 1 fully saturated rings. The summed E-state index contributed by atoms with van der Waals surface area (Å²) in [6.07, 6.45) is 2.09. The van der Waals surface area contributed by atoms with Gasteiger partial charge in [-0.3, -0.25) is 0 Å². The van der Waals surface area contributed by atoms with Crippen LogP contribution in [0.25, 0.3) is 0 Å². The first-order valence-corrected chi connectivity index (χ1v) is 4.04. The minimum atomic E-state index is -0.118. The standard InChI is InChI=1S/C10H10N2.ClH/c11-7-8-2-1-3-9(6-8)10(12)4-5-10;/h1-3,6H,4-5,12H2;1H. The van der Waals surface area contributed by atoms with Crippen molar-refractivity contribution in [1.82, 2.24) is 0 Å². The molecule has 1 aliphatic rings. The number of nitrogens with zero attached hydrogens (tertiary/aromatic N) is 1. The third-order valence-corrected chi connectivity index (χ3v) is 2.36. The lowest BCUT2D eigenvalue weighted by Crippen LogP contribution is -2.18. The summed E-state index contributed by atoms with van der Waals surface area (Å²) in [7, 11) is 0. The fourth-order valence-corrected chi connectivity index (χ4v) is 1.32. The highest BCUT2D eigenvalue weighted by molar-refractivity contribution is 5.85. The second kappa shape index (κ2) is 3.37. The van der Waals surface area contributed by atoms with Crippen LogP contribution in [0.5, 0.6) is 0 Å². The monoisotopic (exact) mass is 194 g/mol. The van der Waals surface area contributed by atoms with E-state index in [1.54, 1.807) is 6.07 Å². The molecule has 0 aliphatic heterocycles. The summed E-state index contributed by atoms with van der Waals surface area (Å²) in [6.45, 7) is 0. The second-order valence-electron chi connectivity index (χ2n) is 3.35. The van der Waals surface area contributed by atoms with Gasteiger partial charge in [0.15, 0.2) is 0 Å². The van der Waals surface area contributed by atoms with E-state index in [2.05, 4.69) is 6.07 Å². The van der Waals surface area contributed by atoms with E-state index in [1.807, 2.05) is 18.2 Å². The van der Waals surface area contributed by atoms with E-state index in [0.717, 1.165) is 18.4 Å². The Hall–Kier alpha value is -1.04. The molecule has 1 saturated carbocycles. The summed E-state index contributed by atoms with van der Waals surface area (Å²) in [5.74, 6) is 0. The quantitative estimate of drug-likeness (QED) is 0.743. The summed E-state index contributed by atoms with van der Waals surface area (Å²) in [5.41, 5.74) is 7.66. The predicted octanol–water partition coefficient (Wildman–Crippen LogP) is 1.93. The predicted molar refractivity (Wildman–Crippen MR) is 53.5 cm³/mol. The number of nitrogens with two attached hydrogens (primary N) is 1. The Balaban J connectivity index is 0.000000845. The normalized spacial score (nSPS) is 16.9. The van der Waals surface area contributed by atoms with Crippen molar-refractivity contribution < 1.29 is 0 Å². The maximum atomic E-state index is 8.66. The van der Waals surface area contributed by atoms with Gasteiger partial charge in [-0.25, -0.2) is 0 Å². The Morgan fingerprint density at radius 1 is 1.38 bits per heavy atom. The van der Waals surface area contributed by atoms with Gasteiger partial charge in [0.2, 0.25) is 0 Å². The van der Waals surface area contributed by atoms with E-state index in [4.69, 9.17) is 11.0 Å². The van der Waals surface area contributed by atoms with Crippen LogP contribution in [0.4, 0.5) is 0 Å². The highest BCUT2D eigenvalue weighted by atomic mass is 35.5. The molecule has 0 saturated heterocycles. The largest absolute Gasteiger partial charge is 0.321 e. The molecule has 1 aromatic rings. The van der Waals surface area contributed by atoms with Crippen LogP contribution in [0, 0.1) is 11.3 Å². The Morgan fingerprint density at radius 2 is 2.08 bits per heavy atom. The van der Waals surface area contributed by atoms with Crippen molar-refractivity contribution in [3.8, 4) is 6.07 Å². The Labute approximate surface area is 83.8 Å². The van der Waals surface area contributed by atoms with Gasteiger partial charge in [-0.2, -0.15) is 5.26 Å². The molecule has 13 heavy (non-hydrogen) atoms. The molecule has 68 valence electrons. The zero-order valence-electron chi connectivity index (χ0n) is 7.16. The molecule has 2 rings (SSSR count). The van der Waals surface area contributed by atoms with E-state index >= 15 is 0 Å². The van der Waals surface area contributed by atoms with Crippen molar-refractivity contribution in [3.05, 3.63) is 35.4 Å². The number of hydrogen-bond acceptors (Lipinski definition) is 2. The van der Waals surface area contributed by atoms with Crippen LogP contribution in [0.15, 0.2) is 24.3 Å². The molecule has 1 aromatic carbocycles. The lowest BCUT2D eigenvalue weighted by molar-refractivity contribution is 0.740. The van der Waals surface area contributed by atoms with Gasteiger partial charge in [-0.05, 0) is 30.5 Å². The molecule has 0 radical (unpaired) electrons. The average Bonchev–Trinajstić information content (AvgIpc) is 2.85. The van der Waals surface area contributed by atoms with Crippen molar-refractivity contribution in [2.45, 2.75) is 18.4 Å². The summed E-state index contributed by atoms with van der Waals surface area (Å²) in [4.78, 5) is 0. The van der Waals surface area contributed by atoms with Gasteiger partial charge in [0.25, 0.3) is 0 Å². The third kappa shape index (κ3) is 1.82. The molecule has 0 amide bonds. The fraction of sp³-hybridized carbons (Fsp3) is 0.300. The molecular formula is C10H11ClN2. The topological polar surface area (TPSA) is 49.8 Å². The first-order valence-electron chi connectivity index (χ1n) is 4.04. The number of hydrogen-bond donors (Lipinski definition) is 1. The minimum Gasteiger partial charge on any atom is -0.321 e. The van der Waals surface area contributed by atoms with Gasteiger partial charge in [-0.15, -0.1) is 12.4 Å². The van der Waals surface area contributed by atoms with Crippen LogP contribution >= 0.6 is 12.4 Å². The lowest BCUT2D eigenvalue weighted by Gasteiger charge is -2.07. The molecule has 0 bridgehead atoms.